The van der Waals surface area contributed by atoms with Crippen LogP contribution in [0.1, 0.15) is 13.8 Å². The molecule has 0 aromatic carbocycles. The number of nitriles is 1. The van der Waals surface area contributed by atoms with Crippen molar-refractivity contribution in [1.29, 1.82) is 5.26 Å². The minimum atomic E-state index is -1.04. The zero-order valence-corrected chi connectivity index (χ0v) is 14.4. The van der Waals surface area contributed by atoms with Gasteiger partial charge in [0.05, 0.1) is 30.9 Å². The number of thioether (sulfide) groups is 1. The van der Waals surface area contributed by atoms with Gasteiger partial charge in [-0.3, -0.25) is 9.59 Å². The molecule has 0 aliphatic carbocycles. The number of amides is 1. The molecule has 0 N–H and O–H groups in total. The molecule has 0 aromatic heterocycles. The number of hydrogen-bond donors (Lipinski definition) is 0. The quantitative estimate of drug-likeness (QED) is 0.581. The third kappa shape index (κ3) is 5.53. The third-order valence-electron chi connectivity index (χ3n) is 3.05. The SMILES string of the molecule is CCOCC1S/C(=C/C(C#N)C(=O)OCC)N(CCOC)C1=O. The zero-order valence-electron chi connectivity index (χ0n) is 13.6. The molecule has 2 atom stereocenters. The van der Waals surface area contributed by atoms with Gasteiger partial charge in [0.2, 0.25) is 5.91 Å². The summed E-state index contributed by atoms with van der Waals surface area (Å²) in [6, 6.07) is 1.90. The minimum Gasteiger partial charge on any atom is -0.465 e. The van der Waals surface area contributed by atoms with E-state index < -0.39 is 11.9 Å². The van der Waals surface area contributed by atoms with Crippen molar-refractivity contribution in [2.45, 2.75) is 19.1 Å². The van der Waals surface area contributed by atoms with Crippen molar-refractivity contribution in [3.05, 3.63) is 11.1 Å². The normalized spacial score (nSPS) is 20.6. The summed E-state index contributed by atoms with van der Waals surface area (Å²) in [4.78, 5) is 25.7. The van der Waals surface area contributed by atoms with Gasteiger partial charge in [-0.1, -0.05) is 11.8 Å². The Labute approximate surface area is 140 Å². The Hall–Kier alpha value is -1.56. The summed E-state index contributed by atoms with van der Waals surface area (Å²) in [5.41, 5.74) is 0. The van der Waals surface area contributed by atoms with Gasteiger partial charge >= 0.3 is 5.97 Å². The summed E-state index contributed by atoms with van der Waals surface area (Å²) in [5, 5.41) is 9.35. The van der Waals surface area contributed by atoms with Crippen LogP contribution in [0, 0.1) is 17.2 Å². The second kappa shape index (κ2) is 10.3. The minimum absolute atomic E-state index is 0.104. The zero-order chi connectivity index (χ0) is 17.2. The van der Waals surface area contributed by atoms with E-state index in [2.05, 4.69) is 0 Å². The maximum absolute atomic E-state index is 12.4. The van der Waals surface area contributed by atoms with E-state index in [0.29, 0.717) is 24.8 Å². The Balaban J connectivity index is 2.93. The lowest BCUT2D eigenvalue weighted by Gasteiger charge is -2.17. The summed E-state index contributed by atoms with van der Waals surface area (Å²) in [5.74, 6) is -1.76. The van der Waals surface area contributed by atoms with Crippen molar-refractivity contribution in [1.82, 2.24) is 4.90 Å². The van der Waals surface area contributed by atoms with E-state index in [1.807, 2.05) is 13.0 Å². The molecule has 1 heterocycles. The maximum atomic E-state index is 12.4. The standard InChI is InChI=1S/C15H22N2O5S/c1-4-21-10-12-14(18)17(6-7-20-3)13(23-12)8-11(9-16)15(19)22-5-2/h8,11-12H,4-7,10H2,1-3H3/b13-8+. The molecule has 128 valence electrons. The average molecular weight is 342 g/mol. The van der Waals surface area contributed by atoms with E-state index in [-0.39, 0.29) is 24.4 Å². The summed E-state index contributed by atoms with van der Waals surface area (Å²) in [6.45, 7) is 5.26. The van der Waals surface area contributed by atoms with Crippen molar-refractivity contribution >= 4 is 23.6 Å². The largest absolute Gasteiger partial charge is 0.465 e. The molecule has 7 nitrogen and oxygen atoms in total. The predicted molar refractivity (Wildman–Crippen MR) is 85.3 cm³/mol. The lowest BCUT2D eigenvalue weighted by molar-refractivity contribution is -0.144. The van der Waals surface area contributed by atoms with E-state index >= 15 is 0 Å². The van der Waals surface area contributed by atoms with Crippen LogP contribution in [0.2, 0.25) is 0 Å². The van der Waals surface area contributed by atoms with Gasteiger partial charge in [0.1, 0.15) is 5.25 Å². The summed E-state index contributed by atoms with van der Waals surface area (Å²) in [6.07, 6.45) is 1.47. The average Bonchev–Trinajstić information content (AvgIpc) is 2.84. The fourth-order valence-corrected chi connectivity index (χ4v) is 3.14. The van der Waals surface area contributed by atoms with Crippen LogP contribution < -0.4 is 0 Å². The summed E-state index contributed by atoms with van der Waals surface area (Å²) >= 11 is 1.29. The summed E-state index contributed by atoms with van der Waals surface area (Å²) < 4.78 is 15.2. The molecule has 0 aromatic rings. The van der Waals surface area contributed by atoms with Crippen LogP contribution in [0.4, 0.5) is 0 Å². The van der Waals surface area contributed by atoms with Gasteiger partial charge in [0.25, 0.3) is 0 Å². The number of carbonyl (C=O) groups is 2. The van der Waals surface area contributed by atoms with Crippen LogP contribution in [0.3, 0.4) is 0 Å². The van der Waals surface area contributed by atoms with Crippen molar-refractivity contribution < 1.29 is 23.8 Å². The molecular formula is C15H22N2O5S. The number of hydrogen-bond acceptors (Lipinski definition) is 7. The molecule has 1 aliphatic heterocycles. The lowest BCUT2D eigenvalue weighted by Crippen LogP contribution is -2.33. The van der Waals surface area contributed by atoms with E-state index in [4.69, 9.17) is 19.5 Å². The highest BCUT2D eigenvalue weighted by Crippen LogP contribution is 2.36. The molecule has 1 rings (SSSR count). The molecular weight excluding hydrogens is 320 g/mol. The van der Waals surface area contributed by atoms with Crippen LogP contribution >= 0.6 is 11.8 Å². The molecule has 0 spiro atoms. The Morgan fingerprint density at radius 2 is 2.22 bits per heavy atom. The Kier molecular flexibility index (Phi) is 8.69. The van der Waals surface area contributed by atoms with Gasteiger partial charge in [0.15, 0.2) is 5.92 Å². The van der Waals surface area contributed by atoms with Crippen LogP contribution in [-0.4, -0.2) is 62.1 Å². The van der Waals surface area contributed by atoms with Gasteiger partial charge in [-0.05, 0) is 19.9 Å². The van der Waals surface area contributed by atoms with Crippen molar-refractivity contribution in [2.24, 2.45) is 5.92 Å². The number of carbonyl (C=O) groups excluding carboxylic acids is 2. The number of methoxy groups -OCH3 is 1. The van der Waals surface area contributed by atoms with Crippen LogP contribution in [-0.2, 0) is 23.8 Å². The van der Waals surface area contributed by atoms with Gasteiger partial charge in [-0.2, -0.15) is 5.26 Å². The second-order valence-corrected chi connectivity index (χ2v) is 5.84. The Morgan fingerprint density at radius 3 is 2.78 bits per heavy atom. The molecule has 1 amide bonds. The first kappa shape index (κ1) is 19.5. The third-order valence-corrected chi connectivity index (χ3v) is 4.27. The highest BCUT2D eigenvalue weighted by atomic mass is 32.2. The number of esters is 1. The first-order chi connectivity index (χ1) is 11.1. The number of nitrogens with zero attached hydrogens (tertiary/aromatic N) is 2. The van der Waals surface area contributed by atoms with Crippen molar-refractivity contribution in [3.63, 3.8) is 0 Å². The van der Waals surface area contributed by atoms with E-state index in [0.717, 1.165) is 0 Å². The fourth-order valence-electron chi connectivity index (χ4n) is 1.94. The summed E-state index contributed by atoms with van der Waals surface area (Å²) in [7, 11) is 1.55. The van der Waals surface area contributed by atoms with Gasteiger partial charge in [-0.25, -0.2) is 0 Å². The highest BCUT2D eigenvalue weighted by Gasteiger charge is 2.37. The Morgan fingerprint density at radius 1 is 1.48 bits per heavy atom. The highest BCUT2D eigenvalue weighted by molar-refractivity contribution is 8.04. The first-order valence-corrected chi connectivity index (χ1v) is 8.29. The molecule has 0 saturated carbocycles. The molecule has 1 saturated heterocycles. The lowest BCUT2D eigenvalue weighted by atomic mass is 10.1. The molecule has 1 fully saturated rings. The Bertz CT molecular complexity index is 489. The molecule has 8 heteroatoms. The topological polar surface area (TPSA) is 88.9 Å². The fraction of sp³-hybridized carbons (Fsp3) is 0.667. The smallest absolute Gasteiger partial charge is 0.327 e. The predicted octanol–water partition coefficient (Wildman–Crippen LogP) is 1.16. The molecule has 1 aliphatic rings. The second-order valence-electron chi connectivity index (χ2n) is 4.61. The van der Waals surface area contributed by atoms with Gasteiger partial charge in [-0.15, -0.1) is 0 Å². The first-order valence-electron chi connectivity index (χ1n) is 7.41. The van der Waals surface area contributed by atoms with E-state index in [1.165, 1.54) is 22.7 Å². The van der Waals surface area contributed by atoms with Crippen LogP contribution in [0.15, 0.2) is 11.1 Å². The van der Waals surface area contributed by atoms with Gasteiger partial charge in [0, 0.05) is 20.3 Å². The van der Waals surface area contributed by atoms with Crippen LogP contribution in [0.5, 0.6) is 0 Å². The molecule has 0 radical (unpaired) electrons. The maximum Gasteiger partial charge on any atom is 0.327 e. The van der Waals surface area contributed by atoms with Gasteiger partial charge < -0.3 is 19.1 Å². The number of rotatable bonds is 9. The molecule has 2 unspecified atom stereocenters. The van der Waals surface area contributed by atoms with Crippen molar-refractivity contribution in [3.8, 4) is 6.07 Å². The van der Waals surface area contributed by atoms with Crippen LogP contribution in [0.25, 0.3) is 0 Å². The monoisotopic (exact) mass is 342 g/mol. The van der Waals surface area contributed by atoms with E-state index in [9.17, 15) is 9.59 Å². The van der Waals surface area contributed by atoms with Crippen molar-refractivity contribution in [2.75, 3.05) is 40.1 Å². The number of ether oxygens (including phenoxy) is 3. The van der Waals surface area contributed by atoms with E-state index in [1.54, 1.807) is 14.0 Å². The molecule has 23 heavy (non-hydrogen) atoms. The molecule has 0 bridgehead atoms.